The number of hydrogen-bond acceptors (Lipinski definition) is 4. The molecular weight excluding hydrogens is 326 g/mol. The molecule has 1 fully saturated rings. The molecule has 2 heterocycles. The fourth-order valence-electron chi connectivity index (χ4n) is 3.03. The Bertz CT molecular complexity index is 776. The number of anilines is 1. The number of piperazine rings is 1. The summed E-state index contributed by atoms with van der Waals surface area (Å²) in [5.74, 6) is 0. The maximum absolute atomic E-state index is 6.31. The molecule has 0 unspecified atom stereocenters. The third kappa shape index (κ3) is 3.20. The number of rotatable bonds is 3. The van der Waals surface area contributed by atoms with E-state index < -0.39 is 0 Å². The van der Waals surface area contributed by atoms with Gasteiger partial charge in [-0.2, -0.15) is 0 Å². The monoisotopic (exact) mass is 343 g/mol. The predicted octanol–water partition coefficient (Wildman–Crippen LogP) is 4.27. The molecule has 3 nitrogen and oxygen atoms in total. The highest BCUT2D eigenvalue weighted by molar-refractivity contribution is 7.18. The van der Waals surface area contributed by atoms with Gasteiger partial charge in [0.1, 0.15) is 5.01 Å². The standard InChI is InChI=1S/C18H18ClN3S/c19-14-5-1-3-7-16(14)22-11-9-21(10-12-22)13-18-20-15-6-2-4-8-17(15)23-18/h1-8H,9-13H2. The van der Waals surface area contributed by atoms with Gasteiger partial charge in [0.2, 0.25) is 0 Å². The lowest BCUT2D eigenvalue weighted by Gasteiger charge is -2.36. The van der Waals surface area contributed by atoms with Crippen LogP contribution in [0.4, 0.5) is 5.69 Å². The maximum Gasteiger partial charge on any atom is 0.108 e. The van der Waals surface area contributed by atoms with Crippen molar-refractivity contribution in [2.75, 3.05) is 31.1 Å². The summed E-state index contributed by atoms with van der Waals surface area (Å²) in [5.41, 5.74) is 2.26. The van der Waals surface area contributed by atoms with E-state index in [-0.39, 0.29) is 0 Å². The fraction of sp³-hybridized carbons (Fsp3) is 0.278. The van der Waals surface area contributed by atoms with Crippen molar-refractivity contribution in [3.8, 4) is 0 Å². The highest BCUT2D eigenvalue weighted by Gasteiger charge is 2.19. The molecule has 2 aromatic carbocycles. The molecule has 0 radical (unpaired) electrons. The van der Waals surface area contributed by atoms with Crippen molar-refractivity contribution in [2.24, 2.45) is 0 Å². The average Bonchev–Trinajstić information content (AvgIpc) is 2.98. The van der Waals surface area contributed by atoms with Crippen molar-refractivity contribution >= 4 is 38.8 Å². The van der Waals surface area contributed by atoms with E-state index in [1.54, 1.807) is 11.3 Å². The number of fused-ring (bicyclic) bond motifs is 1. The summed E-state index contributed by atoms with van der Waals surface area (Å²) >= 11 is 8.11. The van der Waals surface area contributed by atoms with Gasteiger partial charge in [0.05, 0.1) is 27.5 Å². The number of para-hydroxylation sites is 2. The molecule has 1 aliphatic rings. The second kappa shape index (κ2) is 6.48. The Kier molecular flexibility index (Phi) is 4.21. The Hall–Kier alpha value is -1.62. The van der Waals surface area contributed by atoms with Crippen LogP contribution in [0.2, 0.25) is 5.02 Å². The Labute approximate surface area is 145 Å². The molecule has 5 heteroatoms. The Balaban J connectivity index is 1.41. The van der Waals surface area contributed by atoms with Crippen LogP contribution in [0.3, 0.4) is 0 Å². The minimum absolute atomic E-state index is 0.840. The summed E-state index contributed by atoms with van der Waals surface area (Å²) in [5, 5.41) is 2.05. The van der Waals surface area contributed by atoms with Crippen molar-refractivity contribution in [2.45, 2.75) is 6.54 Å². The van der Waals surface area contributed by atoms with Gasteiger partial charge in [0.15, 0.2) is 0 Å². The van der Waals surface area contributed by atoms with E-state index in [1.165, 1.54) is 9.71 Å². The van der Waals surface area contributed by atoms with Crippen LogP contribution in [-0.4, -0.2) is 36.1 Å². The second-order valence-corrected chi connectivity index (χ2v) is 7.31. The largest absolute Gasteiger partial charge is 0.368 e. The van der Waals surface area contributed by atoms with Gasteiger partial charge in [-0.3, -0.25) is 4.90 Å². The fourth-order valence-corrected chi connectivity index (χ4v) is 4.30. The van der Waals surface area contributed by atoms with E-state index in [4.69, 9.17) is 16.6 Å². The van der Waals surface area contributed by atoms with E-state index in [2.05, 4.69) is 40.1 Å². The predicted molar refractivity (Wildman–Crippen MR) is 98.6 cm³/mol. The van der Waals surface area contributed by atoms with Gasteiger partial charge >= 0.3 is 0 Å². The number of nitrogens with zero attached hydrogens (tertiary/aromatic N) is 3. The minimum atomic E-state index is 0.840. The average molecular weight is 344 g/mol. The van der Waals surface area contributed by atoms with Crippen molar-refractivity contribution in [1.82, 2.24) is 9.88 Å². The van der Waals surface area contributed by atoms with Gasteiger partial charge in [-0.1, -0.05) is 35.9 Å². The Morgan fingerprint density at radius 2 is 1.70 bits per heavy atom. The first kappa shape index (κ1) is 14.9. The van der Waals surface area contributed by atoms with Crippen LogP contribution in [0.15, 0.2) is 48.5 Å². The van der Waals surface area contributed by atoms with Gasteiger partial charge in [0, 0.05) is 26.2 Å². The Morgan fingerprint density at radius 3 is 2.48 bits per heavy atom. The first-order chi connectivity index (χ1) is 11.3. The zero-order valence-electron chi connectivity index (χ0n) is 12.8. The summed E-state index contributed by atoms with van der Waals surface area (Å²) < 4.78 is 1.28. The Morgan fingerprint density at radius 1 is 0.957 bits per heavy atom. The normalized spacial score (nSPS) is 16.1. The molecule has 0 atom stereocenters. The van der Waals surface area contributed by atoms with E-state index in [1.807, 2.05) is 18.2 Å². The second-order valence-electron chi connectivity index (χ2n) is 5.79. The molecule has 4 rings (SSSR count). The molecule has 1 saturated heterocycles. The topological polar surface area (TPSA) is 19.4 Å². The van der Waals surface area contributed by atoms with Gasteiger partial charge < -0.3 is 4.90 Å². The van der Waals surface area contributed by atoms with Crippen molar-refractivity contribution in [3.63, 3.8) is 0 Å². The third-order valence-corrected chi connectivity index (χ3v) is 5.60. The van der Waals surface area contributed by atoms with E-state index in [0.29, 0.717) is 0 Å². The lowest BCUT2D eigenvalue weighted by molar-refractivity contribution is 0.249. The molecule has 118 valence electrons. The summed E-state index contributed by atoms with van der Waals surface area (Å²) in [7, 11) is 0. The summed E-state index contributed by atoms with van der Waals surface area (Å²) in [6.45, 7) is 5.04. The molecule has 3 aromatic rings. The number of halogens is 1. The van der Waals surface area contributed by atoms with Crippen LogP contribution in [0.25, 0.3) is 10.2 Å². The van der Waals surface area contributed by atoms with Crippen LogP contribution < -0.4 is 4.90 Å². The summed E-state index contributed by atoms with van der Waals surface area (Å²) in [6.07, 6.45) is 0. The molecule has 1 aromatic heterocycles. The smallest absolute Gasteiger partial charge is 0.108 e. The lowest BCUT2D eigenvalue weighted by atomic mass is 10.2. The van der Waals surface area contributed by atoms with Crippen molar-refractivity contribution < 1.29 is 0 Å². The lowest BCUT2D eigenvalue weighted by Crippen LogP contribution is -2.46. The van der Waals surface area contributed by atoms with Crippen molar-refractivity contribution in [3.05, 3.63) is 58.6 Å². The van der Waals surface area contributed by atoms with Gasteiger partial charge in [-0.25, -0.2) is 4.98 Å². The molecule has 0 bridgehead atoms. The molecule has 0 aliphatic carbocycles. The van der Waals surface area contributed by atoms with Crippen LogP contribution in [0, 0.1) is 0 Å². The van der Waals surface area contributed by atoms with Crippen LogP contribution in [-0.2, 0) is 6.54 Å². The molecule has 23 heavy (non-hydrogen) atoms. The molecule has 0 saturated carbocycles. The molecule has 1 aliphatic heterocycles. The van der Waals surface area contributed by atoms with Crippen LogP contribution >= 0.6 is 22.9 Å². The molecule has 0 N–H and O–H groups in total. The third-order valence-electron chi connectivity index (χ3n) is 4.26. The SMILES string of the molecule is Clc1ccccc1N1CCN(Cc2nc3ccccc3s2)CC1. The molecular formula is C18H18ClN3S. The first-order valence-corrected chi connectivity index (χ1v) is 9.05. The van der Waals surface area contributed by atoms with E-state index in [0.717, 1.165) is 49.0 Å². The number of benzene rings is 2. The van der Waals surface area contributed by atoms with Crippen LogP contribution in [0.1, 0.15) is 5.01 Å². The highest BCUT2D eigenvalue weighted by Crippen LogP contribution is 2.27. The van der Waals surface area contributed by atoms with E-state index >= 15 is 0 Å². The molecule has 0 spiro atoms. The zero-order valence-corrected chi connectivity index (χ0v) is 14.4. The quantitative estimate of drug-likeness (QED) is 0.708. The first-order valence-electron chi connectivity index (χ1n) is 7.86. The number of thiazole rings is 1. The maximum atomic E-state index is 6.31. The van der Waals surface area contributed by atoms with Crippen molar-refractivity contribution in [1.29, 1.82) is 0 Å². The molecule has 0 amide bonds. The summed E-state index contributed by atoms with van der Waals surface area (Å²) in [4.78, 5) is 9.59. The number of hydrogen-bond donors (Lipinski definition) is 0. The zero-order chi connectivity index (χ0) is 15.6. The van der Waals surface area contributed by atoms with Gasteiger partial charge in [-0.15, -0.1) is 11.3 Å². The van der Waals surface area contributed by atoms with Gasteiger partial charge in [-0.05, 0) is 24.3 Å². The minimum Gasteiger partial charge on any atom is -0.368 e. The summed E-state index contributed by atoms with van der Waals surface area (Å²) in [6, 6.07) is 16.5. The number of aromatic nitrogens is 1. The van der Waals surface area contributed by atoms with Crippen LogP contribution in [0.5, 0.6) is 0 Å². The van der Waals surface area contributed by atoms with Gasteiger partial charge in [0.25, 0.3) is 0 Å². The highest BCUT2D eigenvalue weighted by atomic mass is 35.5. The van der Waals surface area contributed by atoms with E-state index in [9.17, 15) is 0 Å².